The molecule has 122 valence electrons. The van der Waals surface area contributed by atoms with Crippen LogP contribution < -0.4 is 10.6 Å². The Kier molecular flexibility index (Phi) is 5.90. The molecule has 2 rings (SSSR count). The van der Waals surface area contributed by atoms with E-state index in [0.29, 0.717) is 16.3 Å². The normalized spacial score (nSPS) is 12.0. The van der Waals surface area contributed by atoms with Gasteiger partial charge in [0.05, 0.1) is 17.4 Å². The summed E-state index contributed by atoms with van der Waals surface area (Å²) in [5.74, 6) is -0.413. The lowest BCUT2D eigenvalue weighted by atomic mass is 10.0. The molecular formula is C17H20N2O3S. The number of carbonyl (C=O) groups excluding carboxylic acids is 2. The second-order valence-electron chi connectivity index (χ2n) is 5.58. The summed E-state index contributed by atoms with van der Waals surface area (Å²) in [7, 11) is 0. The van der Waals surface area contributed by atoms with Gasteiger partial charge in [0.25, 0.3) is 5.91 Å². The summed E-state index contributed by atoms with van der Waals surface area (Å²) in [4.78, 5) is 24.5. The molecule has 0 spiro atoms. The molecule has 1 aromatic heterocycles. The molecule has 0 radical (unpaired) electrons. The number of aliphatic hydroxyl groups is 1. The predicted octanol–water partition coefficient (Wildman–Crippen LogP) is 3.35. The summed E-state index contributed by atoms with van der Waals surface area (Å²) < 4.78 is 0. The summed E-state index contributed by atoms with van der Waals surface area (Å²) in [5, 5.41) is 17.1. The van der Waals surface area contributed by atoms with Crippen molar-refractivity contribution in [2.45, 2.75) is 26.4 Å². The molecule has 0 fully saturated rings. The van der Waals surface area contributed by atoms with Crippen molar-refractivity contribution in [1.29, 1.82) is 0 Å². The standard InChI is InChI=1S/C17H20N2O3S/c1-11(2)14(20)10-16(21)18-12-5-3-6-13(9-12)19-17(22)15-7-4-8-23-15/h3-9,11,14,20H,10H2,1-2H3,(H,18,21)(H,19,22). The minimum atomic E-state index is -0.670. The van der Waals surface area contributed by atoms with Gasteiger partial charge in [-0.3, -0.25) is 9.59 Å². The van der Waals surface area contributed by atoms with Gasteiger partial charge >= 0.3 is 0 Å². The molecular weight excluding hydrogens is 312 g/mol. The highest BCUT2D eigenvalue weighted by Gasteiger charge is 2.14. The second kappa shape index (κ2) is 7.89. The number of nitrogens with one attached hydrogen (secondary N) is 2. The average molecular weight is 332 g/mol. The zero-order valence-corrected chi connectivity index (χ0v) is 13.9. The Balaban J connectivity index is 1.97. The lowest BCUT2D eigenvalue weighted by molar-refractivity contribution is -0.118. The molecule has 23 heavy (non-hydrogen) atoms. The van der Waals surface area contributed by atoms with Gasteiger partial charge in [-0.25, -0.2) is 0 Å². The van der Waals surface area contributed by atoms with Gasteiger partial charge in [-0.1, -0.05) is 26.0 Å². The van der Waals surface area contributed by atoms with Gasteiger partial charge in [0, 0.05) is 11.4 Å². The van der Waals surface area contributed by atoms with Gasteiger partial charge < -0.3 is 15.7 Å². The highest BCUT2D eigenvalue weighted by molar-refractivity contribution is 7.12. The number of hydrogen-bond acceptors (Lipinski definition) is 4. The van der Waals surface area contributed by atoms with Crippen molar-refractivity contribution in [3.8, 4) is 0 Å². The molecule has 1 unspecified atom stereocenters. The van der Waals surface area contributed by atoms with Crippen molar-refractivity contribution in [3.63, 3.8) is 0 Å². The molecule has 0 saturated carbocycles. The van der Waals surface area contributed by atoms with Gasteiger partial charge in [0.1, 0.15) is 0 Å². The van der Waals surface area contributed by atoms with Crippen LogP contribution in [0.3, 0.4) is 0 Å². The molecule has 0 bridgehead atoms. The van der Waals surface area contributed by atoms with Crippen LogP contribution in [0.15, 0.2) is 41.8 Å². The van der Waals surface area contributed by atoms with E-state index >= 15 is 0 Å². The lowest BCUT2D eigenvalue weighted by Gasteiger charge is -2.14. The quantitative estimate of drug-likeness (QED) is 0.759. The summed E-state index contributed by atoms with van der Waals surface area (Å²) in [6, 6.07) is 10.5. The fourth-order valence-corrected chi connectivity index (χ4v) is 2.53. The van der Waals surface area contributed by atoms with Crippen molar-refractivity contribution in [2.75, 3.05) is 10.6 Å². The Bertz CT molecular complexity index is 668. The van der Waals surface area contributed by atoms with E-state index in [0.717, 1.165) is 0 Å². The summed E-state index contributed by atoms with van der Waals surface area (Å²) in [6.07, 6.45) is -0.625. The minimum absolute atomic E-state index is 0.0252. The number of hydrogen-bond donors (Lipinski definition) is 3. The van der Waals surface area contributed by atoms with E-state index in [-0.39, 0.29) is 24.2 Å². The minimum Gasteiger partial charge on any atom is -0.392 e. The van der Waals surface area contributed by atoms with Crippen LogP contribution in [0.1, 0.15) is 29.9 Å². The number of anilines is 2. The number of rotatable bonds is 6. The fourth-order valence-electron chi connectivity index (χ4n) is 1.91. The van der Waals surface area contributed by atoms with E-state index in [2.05, 4.69) is 10.6 Å². The number of carbonyl (C=O) groups is 2. The molecule has 6 heteroatoms. The van der Waals surface area contributed by atoms with Crippen molar-refractivity contribution in [1.82, 2.24) is 0 Å². The molecule has 1 atom stereocenters. The third-order valence-corrected chi connectivity index (χ3v) is 4.18. The molecule has 0 aliphatic heterocycles. The molecule has 0 aliphatic carbocycles. The van der Waals surface area contributed by atoms with Crippen molar-refractivity contribution in [3.05, 3.63) is 46.7 Å². The van der Waals surface area contributed by atoms with Crippen LogP contribution in [0.25, 0.3) is 0 Å². The maximum Gasteiger partial charge on any atom is 0.265 e. The number of benzene rings is 1. The van der Waals surface area contributed by atoms with E-state index in [1.807, 2.05) is 25.3 Å². The van der Waals surface area contributed by atoms with Crippen LogP contribution in [0.4, 0.5) is 11.4 Å². The Morgan fingerprint density at radius 3 is 2.43 bits per heavy atom. The van der Waals surface area contributed by atoms with E-state index in [9.17, 15) is 14.7 Å². The molecule has 2 aromatic rings. The first-order chi connectivity index (χ1) is 11.0. The molecule has 0 aliphatic rings. The third kappa shape index (κ3) is 5.19. The zero-order chi connectivity index (χ0) is 16.8. The van der Waals surface area contributed by atoms with Crippen LogP contribution in [0.5, 0.6) is 0 Å². The third-order valence-electron chi connectivity index (χ3n) is 3.31. The maximum absolute atomic E-state index is 12.0. The van der Waals surface area contributed by atoms with Gasteiger partial charge in [-0.15, -0.1) is 11.3 Å². The molecule has 1 heterocycles. The smallest absolute Gasteiger partial charge is 0.265 e. The van der Waals surface area contributed by atoms with Crippen LogP contribution in [0.2, 0.25) is 0 Å². The summed E-state index contributed by atoms with van der Waals surface area (Å²) in [6.45, 7) is 3.72. The monoisotopic (exact) mass is 332 g/mol. The van der Waals surface area contributed by atoms with Gasteiger partial charge in [-0.2, -0.15) is 0 Å². The Morgan fingerprint density at radius 2 is 1.83 bits per heavy atom. The zero-order valence-electron chi connectivity index (χ0n) is 13.1. The number of thiophene rings is 1. The first kappa shape index (κ1) is 17.2. The van der Waals surface area contributed by atoms with Crippen molar-refractivity contribution in [2.24, 2.45) is 5.92 Å². The van der Waals surface area contributed by atoms with Gasteiger partial charge in [-0.05, 0) is 35.6 Å². The van der Waals surface area contributed by atoms with E-state index in [1.54, 1.807) is 30.3 Å². The summed E-state index contributed by atoms with van der Waals surface area (Å²) >= 11 is 1.37. The number of amides is 2. The Morgan fingerprint density at radius 1 is 1.13 bits per heavy atom. The number of aliphatic hydroxyl groups excluding tert-OH is 1. The van der Waals surface area contributed by atoms with Crippen LogP contribution in [0, 0.1) is 5.92 Å². The lowest BCUT2D eigenvalue weighted by Crippen LogP contribution is -2.23. The van der Waals surface area contributed by atoms with Crippen molar-refractivity contribution >= 4 is 34.5 Å². The molecule has 0 saturated heterocycles. The van der Waals surface area contributed by atoms with Crippen LogP contribution in [-0.4, -0.2) is 23.0 Å². The highest BCUT2D eigenvalue weighted by Crippen LogP contribution is 2.18. The average Bonchev–Trinajstić information content (AvgIpc) is 3.01. The van der Waals surface area contributed by atoms with Crippen LogP contribution >= 0.6 is 11.3 Å². The maximum atomic E-state index is 12.0. The molecule has 1 aromatic carbocycles. The second-order valence-corrected chi connectivity index (χ2v) is 6.52. The highest BCUT2D eigenvalue weighted by atomic mass is 32.1. The molecule has 3 N–H and O–H groups in total. The van der Waals surface area contributed by atoms with Crippen LogP contribution in [-0.2, 0) is 4.79 Å². The first-order valence-electron chi connectivity index (χ1n) is 7.38. The first-order valence-corrected chi connectivity index (χ1v) is 8.26. The fraction of sp³-hybridized carbons (Fsp3) is 0.294. The molecule has 2 amide bonds. The molecule has 5 nitrogen and oxygen atoms in total. The summed E-state index contributed by atoms with van der Waals surface area (Å²) in [5.41, 5.74) is 1.18. The van der Waals surface area contributed by atoms with Crippen molar-refractivity contribution < 1.29 is 14.7 Å². The Labute approximate surface area is 139 Å². The van der Waals surface area contributed by atoms with E-state index in [1.165, 1.54) is 11.3 Å². The van der Waals surface area contributed by atoms with E-state index in [4.69, 9.17) is 0 Å². The largest absolute Gasteiger partial charge is 0.392 e. The SMILES string of the molecule is CC(C)C(O)CC(=O)Nc1cccc(NC(=O)c2cccs2)c1. The topological polar surface area (TPSA) is 78.4 Å². The van der Waals surface area contributed by atoms with Gasteiger partial charge in [0.15, 0.2) is 0 Å². The van der Waals surface area contributed by atoms with E-state index < -0.39 is 6.10 Å². The van der Waals surface area contributed by atoms with Gasteiger partial charge in [0.2, 0.25) is 5.91 Å². The predicted molar refractivity (Wildman–Crippen MR) is 92.8 cm³/mol. The Hall–Kier alpha value is -2.18.